The zero-order chi connectivity index (χ0) is 12.8. The monoisotopic (exact) mass is 246 g/mol. The summed E-state index contributed by atoms with van der Waals surface area (Å²) in [5.41, 5.74) is 1.34. The van der Waals surface area contributed by atoms with Crippen LogP contribution in [-0.2, 0) is 0 Å². The van der Waals surface area contributed by atoms with Gasteiger partial charge in [0, 0.05) is 18.4 Å². The fourth-order valence-electron chi connectivity index (χ4n) is 2.96. The molecule has 1 N–H and O–H groups in total. The van der Waals surface area contributed by atoms with Crippen LogP contribution in [0, 0.1) is 11.8 Å². The molecule has 0 spiro atoms. The third-order valence-corrected chi connectivity index (χ3v) is 4.46. The van der Waals surface area contributed by atoms with Crippen LogP contribution in [0.2, 0.25) is 0 Å². The number of nitrogens with one attached hydrogen (secondary N) is 1. The number of pyridine rings is 1. The third-order valence-electron chi connectivity index (χ3n) is 4.46. The Hall–Kier alpha value is -0.890. The molecule has 1 saturated carbocycles. The van der Waals surface area contributed by atoms with Gasteiger partial charge in [0.25, 0.3) is 0 Å². The molecule has 1 unspecified atom stereocenters. The SMILES string of the molecule is CCC1CCC(CNC(C)c2ccncc2)CC1. The van der Waals surface area contributed by atoms with E-state index >= 15 is 0 Å². The Balaban J connectivity index is 1.72. The predicted molar refractivity (Wildman–Crippen MR) is 76.4 cm³/mol. The van der Waals surface area contributed by atoms with Crippen LogP contribution >= 0.6 is 0 Å². The molecule has 1 fully saturated rings. The van der Waals surface area contributed by atoms with Gasteiger partial charge in [0.15, 0.2) is 0 Å². The first kappa shape index (κ1) is 13.5. The van der Waals surface area contributed by atoms with Crippen LogP contribution in [-0.4, -0.2) is 11.5 Å². The van der Waals surface area contributed by atoms with Gasteiger partial charge in [-0.3, -0.25) is 4.98 Å². The van der Waals surface area contributed by atoms with Crippen molar-refractivity contribution in [1.29, 1.82) is 0 Å². The molecular formula is C16H26N2. The smallest absolute Gasteiger partial charge is 0.0293 e. The van der Waals surface area contributed by atoms with Crippen LogP contribution in [0.25, 0.3) is 0 Å². The standard InChI is InChI=1S/C16H26N2/c1-3-14-4-6-15(7-5-14)12-18-13(2)16-8-10-17-11-9-16/h8-11,13-15,18H,3-7,12H2,1-2H3. The predicted octanol–water partition coefficient (Wildman–Crippen LogP) is 3.95. The maximum Gasteiger partial charge on any atom is 0.0293 e. The highest BCUT2D eigenvalue weighted by Crippen LogP contribution is 2.30. The molecule has 0 aliphatic heterocycles. The van der Waals surface area contributed by atoms with E-state index < -0.39 is 0 Å². The van der Waals surface area contributed by atoms with E-state index in [1.807, 2.05) is 12.4 Å². The van der Waals surface area contributed by atoms with Crippen molar-refractivity contribution in [2.24, 2.45) is 11.8 Å². The van der Waals surface area contributed by atoms with Crippen molar-refractivity contribution in [2.75, 3.05) is 6.54 Å². The molecule has 1 atom stereocenters. The topological polar surface area (TPSA) is 24.9 Å². The Labute approximate surface area is 111 Å². The van der Waals surface area contributed by atoms with Gasteiger partial charge >= 0.3 is 0 Å². The average molecular weight is 246 g/mol. The van der Waals surface area contributed by atoms with E-state index in [0.29, 0.717) is 6.04 Å². The number of hydrogen-bond donors (Lipinski definition) is 1. The maximum atomic E-state index is 4.07. The Bertz CT molecular complexity index is 328. The lowest BCUT2D eigenvalue weighted by Gasteiger charge is -2.29. The second-order valence-corrected chi connectivity index (χ2v) is 5.71. The van der Waals surface area contributed by atoms with Gasteiger partial charge in [-0.1, -0.05) is 26.2 Å². The Morgan fingerprint density at radius 3 is 2.39 bits per heavy atom. The van der Waals surface area contributed by atoms with E-state index in [9.17, 15) is 0 Å². The first-order valence-electron chi connectivity index (χ1n) is 7.43. The van der Waals surface area contributed by atoms with Gasteiger partial charge in [-0.25, -0.2) is 0 Å². The molecule has 1 aliphatic carbocycles. The Morgan fingerprint density at radius 1 is 1.17 bits per heavy atom. The summed E-state index contributed by atoms with van der Waals surface area (Å²) in [6, 6.07) is 4.65. The van der Waals surface area contributed by atoms with Gasteiger partial charge < -0.3 is 5.32 Å². The molecule has 2 rings (SSSR count). The summed E-state index contributed by atoms with van der Waals surface area (Å²) in [4.78, 5) is 4.07. The zero-order valence-electron chi connectivity index (χ0n) is 11.7. The number of rotatable bonds is 5. The molecule has 1 aromatic rings. The summed E-state index contributed by atoms with van der Waals surface area (Å²) >= 11 is 0. The van der Waals surface area contributed by atoms with Crippen LogP contribution in [0.5, 0.6) is 0 Å². The van der Waals surface area contributed by atoms with Crippen molar-refractivity contribution in [3.8, 4) is 0 Å². The molecule has 1 aromatic heterocycles. The minimum atomic E-state index is 0.442. The number of aromatic nitrogens is 1. The normalized spacial score (nSPS) is 25.9. The van der Waals surface area contributed by atoms with Gasteiger partial charge in [-0.05, 0) is 55.8 Å². The van der Waals surface area contributed by atoms with E-state index in [0.717, 1.165) is 11.8 Å². The van der Waals surface area contributed by atoms with Crippen LogP contribution in [0.1, 0.15) is 57.6 Å². The van der Waals surface area contributed by atoms with Gasteiger partial charge in [-0.15, -0.1) is 0 Å². The fourth-order valence-corrected chi connectivity index (χ4v) is 2.96. The molecule has 0 bridgehead atoms. The second kappa shape index (κ2) is 6.89. The molecule has 0 aromatic carbocycles. The molecule has 100 valence electrons. The van der Waals surface area contributed by atoms with Crippen molar-refractivity contribution in [1.82, 2.24) is 10.3 Å². The minimum absolute atomic E-state index is 0.442. The lowest BCUT2D eigenvalue weighted by Crippen LogP contribution is -2.28. The molecule has 1 aliphatic rings. The first-order chi connectivity index (χ1) is 8.79. The summed E-state index contributed by atoms with van der Waals surface area (Å²) in [6.45, 7) is 5.74. The lowest BCUT2D eigenvalue weighted by atomic mass is 9.81. The lowest BCUT2D eigenvalue weighted by molar-refractivity contribution is 0.258. The highest BCUT2D eigenvalue weighted by atomic mass is 14.9. The maximum absolute atomic E-state index is 4.07. The van der Waals surface area contributed by atoms with Crippen LogP contribution in [0.15, 0.2) is 24.5 Å². The van der Waals surface area contributed by atoms with E-state index in [4.69, 9.17) is 0 Å². The third kappa shape index (κ3) is 3.81. The molecule has 18 heavy (non-hydrogen) atoms. The minimum Gasteiger partial charge on any atom is -0.310 e. The zero-order valence-corrected chi connectivity index (χ0v) is 11.7. The van der Waals surface area contributed by atoms with Crippen LogP contribution in [0.4, 0.5) is 0 Å². The average Bonchev–Trinajstić information content (AvgIpc) is 2.46. The largest absolute Gasteiger partial charge is 0.310 e. The molecular weight excluding hydrogens is 220 g/mol. The first-order valence-corrected chi connectivity index (χ1v) is 7.43. The molecule has 1 heterocycles. The second-order valence-electron chi connectivity index (χ2n) is 5.71. The molecule has 0 saturated heterocycles. The van der Waals surface area contributed by atoms with Crippen molar-refractivity contribution >= 4 is 0 Å². The molecule has 0 radical (unpaired) electrons. The number of nitrogens with zero attached hydrogens (tertiary/aromatic N) is 1. The molecule has 0 amide bonds. The summed E-state index contributed by atoms with van der Waals surface area (Å²) in [6.07, 6.45) is 10.8. The van der Waals surface area contributed by atoms with E-state index in [2.05, 4.69) is 36.3 Å². The quantitative estimate of drug-likeness (QED) is 0.851. The molecule has 2 nitrogen and oxygen atoms in total. The van der Waals surface area contributed by atoms with Crippen molar-refractivity contribution in [3.63, 3.8) is 0 Å². The summed E-state index contributed by atoms with van der Waals surface area (Å²) in [7, 11) is 0. The summed E-state index contributed by atoms with van der Waals surface area (Å²) < 4.78 is 0. The summed E-state index contributed by atoms with van der Waals surface area (Å²) in [5, 5.41) is 3.67. The highest BCUT2D eigenvalue weighted by molar-refractivity contribution is 5.13. The van der Waals surface area contributed by atoms with Crippen LogP contribution < -0.4 is 5.32 Å². The van der Waals surface area contributed by atoms with Crippen LogP contribution in [0.3, 0.4) is 0 Å². The highest BCUT2D eigenvalue weighted by Gasteiger charge is 2.20. The van der Waals surface area contributed by atoms with Crippen molar-refractivity contribution in [2.45, 2.75) is 52.0 Å². The number of hydrogen-bond acceptors (Lipinski definition) is 2. The van der Waals surface area contributed by atoms with Gasteiger partial charge in [-0.2, -0.15) is 0 Å². The van der Waals surface area contributed by atoms with Gasteiger partial charge in [0.05, 0.1) is 0 Å². The Morgan fingerprint density at radius 2 is 1.78 bits per heavy atom. The van der Waals surface area contributed by atoms with Gasteiger partial charge in [0.1, 0.15) is 0 Å². The van der Waals surface area contributed by atoms with E-state index in [1.165, 1.54) is 44.2 Å². The molecule has 2 heteroatoms. The van der Waals surface area contributed by atoms with Crippen molar-refractivity contribution < 1.29 is 0 Å². The summed E-state index contributed by atoms with van der Waals surface area (Å²) in [5.74, 6) is 1.89. The van der Waals surface area contributed by atoms with Gasteiger partial charge in [0.2, 0.25) is 0 Å². The fraction of sp³-hybridized carbons (Fsp3) is 0.688. The van der Waals surface area contributed by atoms with E-state index in [-0.39, 0.29) is 0 Å². The van der Waals surface area contributed by atoms with Crippen molar-refractivity contribution in [3.05, 3.63) is 30.1 Å². The van der Waals surface area contributed by atoms with E-state index in [1.54, 1.807) is 0 Å². The Kier molecular flexibility index (Phi) is 5.18.